The highest BCUT2D eigenvalue weighted by atomic mass is 35.5. The number of aliphatic hydroxyl groups is 2. The van der Waals surface area contributed by atoms with E-state index in [0.29, 0.717) is 21.9 Å². The fraction of sp³-hybridized carbons (Fsp3) is 0.200. The van der Waals surface area contributed by atoms with Gasteiger partial charge in [0.1, 0.15) is 18.0 Å². The highest BCUT2D eigenvalue weighted by molar-refractivity contribution is 6.32. The first-order chi connectivity index (χ1) is 9.13. The normalized spacial score (nSPS) is 13.9. The van der Waals surface area contributed by atoms with E-state index in [1.54, 1.807) is 30.3 Å². The van der Waals surface area contributed by atoms with Gasteiger partial charge in [-0.05, 0) is 23.3 Å². The molecule has 2 aromatic rings. The van der Waals surface area contributed by atoms with E-state index in [9.17, 15) is 10.2 Å². The maximum absolute atomic E-state index is 10.2. The second-order valence-corrected chi connectivity index (χ2v) is 4.60. The Kier molecular flexibility index (Phi) is 4.43. The van der Waals surface area contributed by atoms with Crippen molar-refractivity contribution in [3.8, 4) is 5.75 Å². The molecule has 0 aromatic heterocycles. The summed E-state index contributed by atoms with van der Waals surface area (Å²) >= 11 is 5.93. The molecular weight excluding hydrogens is 264 g/mol. The van der Waals surface area contributed by atoms with Gasteiger partial charge in [0.05, 0.1) is 12.1 Å². The predicted molar refractivity (Wildman–Crippen MR) is 74.4 cm³/mol. The van der Waals surface area contributed by atoms with Crippen LogP contribution in [0.4, 0.5) is 0 Å². The Morgan fingerprint density at radius 3 is 2.21 bits per heavy atom. The van der Waals surface area contributed by atoms with Crippen LogP contribution in [0.15, 0.2) is 48.5 Å². The fourth-order valence-corrected chi connectivity index (χ4v) is 2.07. The molecule has 0 fully saturated rings. The average Bonchev–Trinajstić information content (AvgIpc) is 2.47. The van der Waals surface area contributed by atoms with Crippen LogP contribution in [0.2, 0.25) is 5.02 Å². The van der Waals surface area contributed by atoms with Gasteiger partial charge < -0.3 is 14.9 Å². The number of methoxy groups -OCH3 is 1. The molecular formula is C15H15ClO3. The molecule has 0 spiro atoms. The number of benzene rings is 2. The maximum Gasteiger partial charge on any atom is 0.137 e. The van der Waals surface area contributed by atoms with Gasteiger partial charge in [-0.15, -0.1) is 0 Å². The zero-order valence-electron chi connectivity index (χ0n) is 10.5. The zero-order chi connectivity index (χ0) is 13.8. The molecule has 2 aromatic carbocycles. The maximum atomic E-state index is 10.2. The van der Waals surface area contributed by atoms with E-state index in [4.69, 9.17) is 16.3 Å². The monoisotopic (exact) mass is 278 g/mol. The smallest absolute Gasteiger partial charge is 0.137 e. The SMILES string of the molecule is COc1cc(C(O)C(O)c2ccccc2)ccc1Cl. The molecule has 19 heavy (non-hydrogen) atoms. The van der Waals surface area contributed by atoms with Gasteiger partial charge in [-0.1, -0.05) is 48.0 Å². The number of halogens is 1. The largest absolute Gasteiger partial charge is 0.495 e. The van der Waals surface area contributed by atoms with Gasteiger partial charge in [0.15, 0.2) is 0 Å². The van der Waals surface area contributed by atoms with E-state index < -0.39 is 12.2 Å². The van der Waals surface area contributed by atoms with Crippen molar-refractivity contribution in [2.75, 3.05) is 7.11 Å². The summed E-state index contributed by atoms with van der Waals surface area (Å²) in [6.07, 6.45) is -2.03. The molecule has 0 saturated heterocycles. The third kappa shape index (κ3) is 3.07. The summed E-state index contributed by atoms with van der Waals surface area (Å²) < 4.78 is 5.10. The summed E-state index contributed by atoms with van der Waals surface area (Å²) in [6, 6.07) is 13.9. The van der Waals surface area contributed by atoms with Crippen molar-refractivity contribution in [1.29, 1.82) is 0 Å². The van der Waals surface area contributed by atoms with Crippen molar-refractivity contribution in [2.45, 2.75) is 12.2 Å². The van der Waals surface area contributed by atoms with Crippen LogP contribution in [0.25, 0.3) is 0 Å². The minimum atomic E-state index is -1.03. The van der Waals surface area contributed by atoms with Crippen molar-refractivity contribution in [1.82, 2.24) is 0 Å². The van der Waals surface area contributed by atoms with Crippen molar-refractivity contribution in [3.05, 3.63) is 64.7 Å². The lowest BCUT2D eigenvalue weighted by atomic mass is 9.98. The van der Waals surface area contributed by atoms with Gasteiger partial charge in [0.2, 0.25) is 0 Å². The molecule has 100 valence electrons. The average molecular weight is 279 g/mol. The lowest BCUT2D eigenvalue weighted by Gasteiger charge is -2.19. The minimum Gasteiger partial charge on any atom is -0.495 e. The van der Waals surface area contributed by atoms with Crippen LogP contribution in [0.3, 0.4) is 0 Å². The van der Waals surface area contributed by atoms with Gasteiger partial charge in [0.25, 0.3) is 0 Å². The molecule has 0 aliphatic rings. The molecule has 3 nitrogen and oxygen atoms in total. The molecule has 0 saturated carbocycles. The first kappa shape index (κ1) is 13.9. The lowest BCUT2D eigenvalue weighted by Crippen LogP contribution is -2.10. The number of hydrogen-bond acceptors (Lipinski definition) is 3. The van der Waals surface area contributed by atoms with Gasteiger partial charge in [0, 0.05) is 0 Å². The van der Waals surface area contributed by atoms with Crippen LogP contribution in [-0.2, 0) is 0 Å². The molecule has 2 atom stereocenters. The first-order valence-corrected chi connectivity index (χ1v) is 6.26. The van der Waals surface area contributed by atoms with E-state index in [2.05, 4.69) is 0 Å². The summed E-state index contributed by atoms with van der Waals surface area (Å²) in [5, 5.41) is 20.8. The van der Waals surface area contributed by atoms with Crippen molar-refractivity contribution in [3.63, 3.8) is 0 Å². The second-order valence-electron chi connectivity index (χ2n) is 4.19. The van der Waals surface area contributed by atoms with E-state index in [1.165, 1.54) is 7.11 Å². The topological polar surface area (TPSA) is 49.7 Å². The van der Waals surface area contributed by atoms with Gasteiger partial charge in [-0.25, -0.2) is 0 Å². The standard InChI is InChI=1S/C15H15ClO3/c1-19-13-9-11(7-8-12(13)16)15(18)14(17)10-5-3-2-4-6-10/h2-9,14-15,17-18H,1H3. The molecule has 0 amide bonds. The highest BCUT2D eigenvalue weighted by Crippen LogP contribution is 2.33. The highest BCUT2D eigenvalue weighted by Gasteiger charge is 2.20. The Morgan fingerprint density at radius 2 is 1.58 bits per heavy atom. The fourth-order valence-electron chi connectivity index (χ4n) is 1.88. The Hall–Kier alpha value is -1.55. The van der Waals surface area contributed by atoms with Gasteiger partial charge in [-0.3, -0.25) is 0 Å². The van der Waals surface area contributed by atoms with Gasteiger partial charge >= 0.3 is 0 Å². The first-order valence-electron chi connectivity index (χ1n) is 5.88. The van der Waals surface area contributed by atoms with E-state index >= 15 is 0 Å². The molecule has 0 bridgehead atoms. The number of hydrogen-bond donors (Lipinski definition) is 2. The zero-order valence-corrected chi connectivity index (χ0v) is 11.2. The Bertz CT molecular complexity index is 542. The Morgan fingerprint density at radius 1 is 0.947 bits per heavy atom. The molecule has 0 radical (unpaired) electrons. The third-order valence-electron chi connectivity index (χ3n) is 2.96. The lowest BCUT2D eigenvalue weighted by molar-refractivity contribution is 0.0171. The van der Waals surface area contributed by atoms with Crippen molar-refractivity contribution in [2.24, 2.45) is 0 Å². The number of ether oxygens (including phenoxy) is 1. The quantitative estimate of drug-likeness (QED) is 0.903. The molecule has 0 aliphatic heterocycles. The Labute approximate surface area is 117 Å². The van der Waals surface area contributed by atoms with E-state index in [1.807, 2.05) is 18.2 Å². The molecule has 0 heterocycles. The number of rotatable bonds is 4. The van der Waals surface area contributed by atoms with E-state index in [-0.39, 0.29) is 0 Å². The summed E-state index contributed by atoms with van der Waals surface area (Å²) in [4.78, 5) is 0. The second kappa shape index (κ2) is 6.06. The van der Waals surface area contributed by atoms with Crippen LogP contribution in [0.1, 0.15) is 23.3 Å². The summed E-state index contributed by atoms with van der Waals surface area (Å²) in [7, 11) is 1.50. The summed E-state index contributed by atoms with van der Waals surface area (Å²) in [5.41, 5.74) is 1.21. The van der Waals surface area contributed by atoms with Gasteiger partial charge in [-0.2, -0.15) is 0 Å². The van der Waals surface area contributed by atoms with E-state index in [0.717, 1.165) is 0 Å². The molecule has 2 unspecified atom stereocenters. The molecule has 4 heteroatoms. The number of aliphatic hydroxyl groups excluding tert-OH is 2. The summed E-state index contributed by atoms with van der Waals surface area (Å²) in [5.74, 6) is 0.471. The minimum absolute atomic E-state index is 0.465. The van der Waals surface area contributed by atoms with Crippen LogP contribution < -0.4 is 4.74 Å². The summed E-state index contributed by atoms with van der Waals surface area (Å²) in [6.45, 7) is 0. The Balaban J connectivity index is 2.26. The molecule has 2 rings (SSSR count). The van der Waals surface area contributed by atoms with Crippen LogP contribution >= 0.6 is 11.6 Å². The van der Waals surface area contributed by atoms with Crippen LogP contribution in [-0.4, -0.2) is 17.3 Å². The van der Waals surface area contributed by atoms with Crippen LogP contribution in [0.5, 0.6) is 5.75 Å². The molecule has 0 aliphatic carbocycles. The predicted octanol–water partition coefficient (Wildman–Crippen LogP) is 3.12. The molecule has 2 N–H and O–H groups in total. The van der Waals surface area contributed by atoms with Crippen LogP contribution in [0, 0.1) is 0 Å². The third-order valence-corrected chi connectivity index (χ3v) is 3.27. The van der Waals surface area contributed by atoms with Crippen molar-refractivity contribution >= 4 is 11.6 Å². The van der Waals surface area contributed by atoms with Crippen molar-refractivity contribution < 1.29 is 14.9 Å².